The quantitative estimate of drug-likeness (QED) is 0.750. The highest BCUT2D eigenvalue weighted by Crippen LogP contribution is 2.48. The summed E-state index contributed by atoms with van der Waals surface area (Å²) in [5, 5.41) is 0. The Morgan fingerprint density at radius 2 is 2.29 bits per heavy atom. The first-order chi connectivity index (χ1) is 8.26. The second kappa shape index (κ2) is 4.02. The van der Waals surface area contributed by atoms with Crippen LogP contribution in [0.2, 0.25) is 0 Å². The molecule has 2 atom stereocenters. The highest BCUT2D eigenvalue weighted by atomic mass is 35.5. The van der Waals surface area contributed by atoms with Crippen molar-refractivity contribution < 1.29 is 0 Å². The first kappa shape index (κ1) is 11.1. The van der Waals surface area contributed by atoms with Crippen LogP contribution in [0.4, 0.5) is 0 Å². The number of benzene rings is 1. The first-order valence-electron chi connectivity index (χ1n) is 6.28. The number of halogens is 1. The molecule has 0 amide bonds. The van der Waals surface area contributed by atoms with E-state index in [4.69, 9.17) is 11.6 Å². The van der Waals surface area contributed by atoms with Gasteiger partial charge in [0.15, 0.2) is 0 Å². The molecule has 3 heteroatoms. The van der Waals surface area contributed by atoms with E-state index in [1.165, 1.54) is 23.9 Å². The lowest BCUT2D eigenvalue weighted by atomic mass is 10.2. The van der Waals surface area contributed by atoms with Crippen molar-refractivity contribution in [3.8, 4) is 0 Å². The van der Waals surface area contributed by atoms with Gasteiger partial charge in [-0.1, -0.05) is 25.5 Å². The van der Waals surface area contributed by atoms with E-state index >= 15 is 0 Å². The van der Waals surface area contributed by atoms with Crippen molar-refractivity contribution in [3.05, 3.63) is 29.6 Å². The van der Waals surface area contributed by atoms with Gasteiger partial charge in [-0.05, 0) is 30.9 Å². The Balaban J connectivity index is 2.20. The molecule has 1 aromatic carbocycles. The summed E-state index contributed by atoms with van der Waals surface area (Å²) in [6.45, 7) is 4.42. The number of hydrogen-bond acceptors (Lipinski definition) is 1. The minimum Gasteiger partial charge on any atom is -0.323 e. The van der Waals surface area contributed by atoms with Crippen molar-refractivity contribution in [2.24, 2.45) is 5.92 Å². The van der Waals surface area contributed by atoms with Gasteiger partial charge in [0.1, 0.15) is 5.82 Å². The number of para-hydroxylation sites is 1. The molecule has 17 heavy (non-hydrogen) atoms. The Bertz CT molecular complexity index is 559. The molecule has 1 aliphatic carbocycles. The van der Waals surface area contributed by atoms with Gasteiger partial charge in [0.05, 0.1) is 16.9 Å². The van der Waals surface area contributed by atoms with E-state index in [1.807, 2.05) is 0 Å². The monoisotopic (exact) mass is 248 g/mol. The van der Waals surface area contributed by atoms with Crippen LogP contribution >= 0.6 is 11.6 Å². The molecule has 3 rings (SSSR count). The van der Waals surface area contributed by atoms with Crippen LogP contribution in [0.3, 0.4) is 0 Å². The first-order valence-corrected chi connectivity index (χ1v) is 6.82. The summed E-state index contributed by atoms with van der Waals surface area (Å²) >= 11 is 6.04. The molecule has 1 heterocycles. The predicted molar refractivity (Wildman–Crippen MR) is 71.5 cm³/mol. The minimum absolute atomic E-state index is 0.501. The molecular weight excluding hydrogens is 232 g/mol. The number of rotatable bonds is 3. The SMILES string of the molecule is CCC1CC1n1c(CCl)nc2cccc(C)c21. The highest BCUT2D eigenvalue weighted by Gasteiger charge is 2.39. The largest absolute Gasteiger partial charge is 0.323 e. The average Bonchev–Trinajstić information content (AvgIpc) is 3.01. The van der Waals surface area contributed by atoms with Gasteiger partial charge < -0.3 is 4.57 Å². The number of alkyl halides is 1. The van der Waals surface area contributed by atoms with Crippen LogP contribution in [0, 0.1) is 12.8 Å². The Hall–Kier alpha value is -1.02. The van der Waals surface area contributed by atoms with Crippen molar-refractivity contribution in [3.63, 3.8) is 0 Å². The van der Waals surface area contributed by atoms with Gasteiger partial charge in [0.2, 0.25) is 0 Å². The molecule has 0 radical (unpaired) electrons. The summed E-state index contributed by atoms with van der Waals surface area (Å²) in [6, 6.07) is 6.93. The van der Waals surface area contributed by atoms with Crippen molar-refractivity contribution in [1.29, 1.82) is 0 Å². The van der Waals surface area contributed by atoms with Gasteiger partial charge in [-0.3, -0.25) is 0 Å². The number of nitrogens with zero attached hydrogens (tertiary/aromatic N) is 2. The van der Waals surface area contributed by atoms with E-state index in [2.05, 4.69) is 41.6 Å². The molecule has 1 aromatic heterocycles. The molecule has 2 aromatic rings. The van der Waals surface area contributed by atoms with E-state index in [-0.39, 0.29) is 0 Å². The van der Waals surface area contributed by atoms with Crippen LogP contribution in [0.15, 0.2) is 18.2 Å². The van der Waals surface area contributed by atoms with Crippen molar-refractivity contribution in [2.75, 3.05) is 0 Å². The molecule has 2 nitrogen and oxygen atoms in total. The molecule has 0 spiro atoms. The van der Waals surface area contributed by atoms with Crippen LogP contribution in [0.5, 0.6) is 0 Å². The van der Waals surface area contributed by atoms with Crippen LogP contribution in [-0.2, 0) is 5.88 Å². The minimum atomic E-state index is 0.501. The third-order valence-electron chi connectivity index (χ3n) is 3.85. The number of aryl methyl sites for hydroxylation is 1. The van der Waals surface area contributed by atoms with Crippen molar-refractivity contribution in [1.82, 2.24) is 9.55 Å². The van der Waals surface area contributed by atoms with E-state index in [9.17, 15) is 0 Å². The third kappa shape index (κ3) is 1.66. The fourth-order valence-electron chi connectivity index (χ4n) is 2.81. The molecule has 0 saturated heterocycles. The van der Waals surface area contributed by atoms with Gasteiger partial charge in [-0.25, -0.2) is 4.98 Å². The van der Waals surface area contributed by atoms with E-state index in [1.54, 1.807) is 0 Å². The zero-order chi connectivity index (χ0) is 12.0. The molecule has 1 saturated carbocycles. The maximum absolute atomic E-state index is 6.04. The lowest BCUT2D eigenvalue weighted by Gasteiger charge is -2.08. The third-order valence-corrected chi connectivity index (χ3v) is 4.08. The second-order valence-corrected chi connectivity index (χ2v) is 5.21. The zero-order valence-electron chi connectivity index (χ0n) is 10.3. The molecule has 1 fully saturated rings. The molecule has 90 valence electrons. The predicted octanol–water partition coefficient (Wildman–Crippen LogP) is 4.05. The fraction of sp³-hybridized carbons (Fsp3) is 0.500. The number of imidazole rings is 1. The summed E-state index contributed by atoms with van der Waals surface area (Å²) in [4.78, 5) is 4.65. The van der Waals surface area contributed by atoms with E-state index < -0.39 is 0 Å². The van der Waals surface area contributed by atoms with Crippen LogP contribution in [0.1, 0.15) is 37.2 Å². The van der Waals surface area contributed by atoms with Gasteiger partial charge in [-0.15, -0.1) is 11.6 Å². The maximum Gasteiger partial charge on any atom is 0.125 e. The number of aromatic nitrogens is 2. The van der Waals surface area contributed by atoms with Crippen molar-refractivity contribution in [2.45, 2.75) is 38.6 Å². The number of hydrogen-bond donors (Lipinski definition) is 0. The fourth-order valence-corrected chi connectivity index (χ4v) is 3.00. The molecule has 0 aliphatic heterocycles. The molecule has 0 bridgehead atoms. The Labute approximate surface area is 107 Å². The topological polar surface area (TPSA) is 17.8 Å². The standard InChI is InChI=1S/C14H17ClN2/c1-3-10-7-12(10)17-13(8-15)16-11-6-4-5-9(2)14(11)17/h4-6,10,12H,3,7-8H2,1-2H3. The maximum atomic E-state index is 6.04. The second-order valence-electron chi connectivity index (χ2n) is 4.95. The van der Waals surface area contributed by atoms with Gasteiger partial charge in [0, 0.05) is 6.04 Å². The normalized spacial score (nSPS) is 23.2. The molecular formula is C14H17ClN2. The smallest absolute Gasteiger partial charge is 0.125 e. The molecule has 2 unspecified atom stereocenters. The lowest BCUT2D eigenvalue weighted by molar-refractivity contribution is 0.636. The van der Waals surface area contributed by atoms with E-state index in [0.29, 0.717) is 11.9 Å². The van der Waals surface area contributed by atoms with E-state index in [0.717, 1.165) is 17.3 Å². The number of fused-ring (bicyclic) bond motifs is 1. The Kier molecular flexibility index (Phi) is 2.62. The van der Waals surface area contributed by atoms with Crippen LogP contribution in [-0.4, -0.2) is 9.55 Å². The summed E-state index contributed by atoms with van der Waals surface area (Å²) in [7, 11) is 0. The van der Waals surface area contributed by atoms with Crippen LogP contribution < -0.4 is 0 Å². The Morgan fingerprint density at radius 1 is 1.47 bits per heavy atom. The van der Waals surface area contributed by atoms with Crippen LogP contribution in [0.25, 0.3) is 11.0 Å². The van der Waals surface area contributed by atoms with Crippen molar-refractivity contribution >= 4 is 22.6 Å². The van der Waals surface area contributed by atoms with Gasteiger partial charge in [0.25, 0.3) is 0 Å². The molecule has 0 N–H and O–H groups in total. The lowest BCUT2D eigenvalue weighted by Crippen LogP contribution is -2.02. The molecule has 1 aliphatic rings. The van der Waals surface area contributed by atoms with Gasteiger partial charge in [-0.2, -0.15) is 0 Å². The zero-order valence-corrected chi connectivity index (χ0v) is 11.0. The summed E-state index contributed by atoms with van der Waals surface area (Å²) in [5.74, 6) is 2.34. The average molecular weight is 249 g/mol. The summed E-state index contributed by atoms with van der Waals surface area (Å²) < 4.78 is 2.38. The highest BCUT2D eigenvalue weighted by molar-refractivity contribution is 6.16. The van der Waals surface area contributed by atoms with Gasteiger partial charge >= 0.3 is 0 Å². The summed E-state index contributed by atoms with van der Waals surface area (Å²) in [6.07, 6.45) is 2.53. The Morgan fingerprint density at radius 3 is 2.94 bits per heavy atom. The summed E-state index contributed by atoms with van der Waals surface area (Å²) in [5.41, 5.74) is 3.67.